The molecule has 4 aromatic carbocycles. The van der Waals surface area contributed by atoms with Gasteiger partial charge >= 0.3 is 0 Å². The highest BCUT2D eigenvalue weighted by Crippen LogP contribution is 2.40. The van der Waals surface area contributed by atoms with Gasteiger partial charge < -0.3 is 9.84 Å². The maximum atomic E-state index is 9.45. The molecule has 0 radical (unpaired) electrons. The molecule has 23 heavy (non-hydrogen) atoms. The summed E-state index contributed by atoms with van der Waals surface area (Å²) in [7, 11) is 0. The molecule has 2 nitrogen and oxygen atoms in total. The Bertz CT molecular complexity index is 944. The fourth-order valence-corrected chi connectivity index (χ4v) is 3.05. The van der Waals surface area contributed by atoms with Crippen LogP contribution in [0.2, 0.25) is 0 Å². The molecule has 1 N–H and O–H groups in total. The molecule has 0 aliphatic carbocycles. The number of ether oxygens (including phenoxy) is 1. The Balaban J connectivity index is 2.02. The molecule has 0 bridgehead atoms. The van der Waals surface area contributed by atoms with Gasteiger partial charge in [0.2, 0.25) is 0 Å². The molecule has 0 saturated heterocycles. The van der Waals surface area contributed by atoms with Gasteiger partial charge in [0, 0.05) is 10.8 Å². The molecular formula is C21H16O2. The molecule has 0 fully saturated rings. The normalized spacial score (nSPS) is 11.0. The van der Waals surface area contributed by atoms with Gasteiger partial charge in [-0.3, -0.25) is 0 Å². The van der Waals surface area contributed by atoms with Crippen LogP contribution >= 0.6 is 0 Å². The minimum absolute atomic E-state index is 0.232. The summed E-state index contributed by atoms with van der Waals surface area (Å²) in [6.45, 7) is 2.15. The van der Waals surface area contributed by atoms with Crippen LogP contribution in [0.3, 0.4) is 0 Å². The number of hydrogen-bond donors (Lipinski definition) is 1. The first-order valence-corrected chi connectivity index (χ1v) is 7.61. The van der Waals surface area contributed by atoms with Gasteiger partial charge in [0.05, 0.1) is 0 Å². The molecule has 0 aliphatic rings. The van der Waals surface area contributed by atoms with Crippen LogP contribution in [0.4, 0.5) is 0 Å². The summed E-state index contributed by atoms with van der Waals surface area (Å²) in [5.41, 5.74) is 1.26. The van der Waals surface area contributed by atoms with Crippen molar-refractivity contribution >= 4 is 21.5 Å². The number of hydrogen-bond acceptors (Lipinski definition) is 2. The van der Waals surface area contributed by atoms with Crippen molar-refractivity contribution in [1.29, 1.82) is 0 Å². The van der Waals surface area contributed by atoms with Gasteiger partial charge in [-0.1, -0.05) is 48.5 Å². The van der Waals surface area contributed by atoms with E-state index in [0.717, 1.165) is 16.5 Å². The molecule has 0 atom stereocenters. The first-order valence-electron chi connectivity index (χ1n) is 7.61. The molecule has 0 saturated carbocycles. The molecule has 0 spiro atoms. The van der Waals surface area contributed by atoms with Gasteiger partial charge in [-0.15, -0.1) is 0 Å². The lowest BCUT2D eigenvalue weighted by Gasteiger charge is -2.15. The molecule has 4 rings (SSSR count). The Morgan fingerprint density at radius 3 is 1.65 bits per heavy atom. The Morgan fingerprint density at radius 2 is 1.13 bits per heavy atom. The second-order valence-corrected chi connectivity index (χ2v) is 5.64. The number of rotatable bonds is 2. The third-order valence-corrected chi connectivity index (χ3v) is 4.21. The minimum Gasteiger partial charge on any atom is -0.508 e. The zero-order valence-corrected chi connectivity index (χ0v) is 12.8. The lowest BCUT2D eigenvalue weighted by molar-refractivity contribution is 0.467. The third-order valence-electron chi connectivity index (χ3n) is 4.21. The summed E-state index contributed by atoms with van der Waals surface area (Å²) in [5.74, 6) is 1.80. The Hall–Kier alpha value is -3.00. The average molecular weight is 300 g/mol. The third kappa shape index (κ3) is 2.29. The van der Waals surface area contributed by atoms with Crippen molar-refractivity contribution in [2.24, 2.45) is 0 Å². The first-order chi connectivity index (χ1) is 11.2. The number of aromatic hydroxyl groups is 1. The zero-order chi connectivity index (χ0) is 15.8. The number of phenolic OH excluding ortho intramolecular Hbond substituents is 1. The monoisotopic (exact) mass is 300 g/mol. The molecule has 0 heterocycles. The predicted molar refractivity (Wildman–Crippen MR) is 94.4 cm³/mol. The van der Waals surface area contributed by atoms with E-state index in [0.29, 0.717) is 5.75 Å². The molecule has 0 aliphatic heterocycles. The summed E-state index contributed by atoms with van der Waals surface area (Å²) in [5, 5.41) is 14.0. The molecule has 0 amide bonds. The highest BCUT2D eigenvalue weighted by molar-refractivity contribution is 6.08. The van der Waals surface area contributed by atoms with Gasteiger partial charge in [-0.05, 0) is 47.5 Å². The van der Waals surface area contributed by atoms with Crippen LogP contribution in [0, 0.1) is 6.92 Å². The second-order valence-electron chi connectivity index (χ2n) is 5.64. The topological polar surface area (TPSA) is 29.5 Å². The quantitative estimate of drug-likeness (QED) is 0.474. The second kappa shape index (κ2) is 5.33. The van der Waals surface area contributed by atoms with E-state index in [9.17, 15) is 5.11 Å². The van der Waals surface area contributed by atoms with E-state index < -0.39 is 0 Å². The van der Waals surface area contributed by atoms with E-state index >= 15 is 0 Å². The van der Waals surface area contributed by atoms with E-state index in [4.69, 9.17) is 4.74 Å². The average Bonchev–Trinajstić information content (AvgIpc) is 2.60. The molecular weight excluding hydrogens is 284 g/mol. The van der Waals surface area contributed by atoms with Crippen LogP contribution in [0.5, 0.6) is 17.2 Å². The maximum Gasteiger partial charge on any atom is 0.143 e. The van der Waals surface area contributed by atoms with Gasteiger partial charge in [-0.2, -0.15) is 0 Å². The summed E-state index contributed by atoms with van der Waals surface area (Å²) in [6, 6.07) is 23.4. The van der Waals surface area contributed by atoms with E-state index in [1.54, 1.807) is 24.3 Å². The highest BCUT2D eigenvalue weighted by Gasteiger charge is 2.12. The van der Waals surface area contributed by atoms with Crippen molar-refractivity contribution in [3.05, 3.63) is 78.4 Å². The van der Waals surface area contributed by atoms with Gasteiger partial charge in [-0.25, -0.2) is 0 Å². The predicted octanol–water partition coefficient (Wildman–Crippen LogP) is 5.80. The Labute approximate surface area is 134 Å². The van der Waals surface area contributed by atoms with Crippen LogP contribution in [-0.2, 0) is 0 Å². The molecule has 4 aromatic rings. The van der Waals surface area contributed by atoms with Gasteiger partial charge in [0.1, 0.15) is 17.2 Å². The van der Waals surface area contributed by atoms with Crippen molar-refractivity contribution < 1.29 is 9.84 Å². The number of fused-ring (bicyclic) bond motifs is 2. The van der Waals surface area contributed by atoms with E-state index in [2.05, 4.69) is 43.3 Å². The SMILES string of the molecule is Cc1c2ccccc2c(Oc2ccc(O)cc2)c2ccccc12. The molecule has 2 heteroatoms. The summed E-state index contributed by atoms with van der Waals surface area (Å²) < 4.78 is 6.20. The lowest BCUT2D eigenvalue weighted by Crippen LogP contribution is -1.91. The van der Waals surface area contributed by atoms with E-state index in [-0.39, 0.29) is 5.75 Å². The van der Waals surface area contributed by atoms with Crippen LogP contribution < -0.4 is 4.74 Å². The largest absolute Gasteiger partial charge is 0.508 e. The van der Waals surface area contributed by atoms with Crippen LogP contribution in [-0.4, -0.2) is 5.11 Å². The van der Waals surface area contributed by atoms with Crippen molar-refractivity contribution in [2.45, 2.75) is 6.92 Å². The van der Waals surface area contributed by atoms with Crippen molar-refractivity contribution in [2.75, 3.05) is 0 Å². The molecule has 0 unspecified atom stereocenters. The van der Waals surface area contributed by atoms with Crippen LogP contribution in [0.15, 0.2) is 72.8 Å². The van der Waals surface area contributed by atoms with Gasteiger partial charge in [0.25, 0.3) is 0 Å². The van der Waals surface area contributed by atoms with Gasteiger partial charge in [0.15, 0.2) is 0 Å². The number of benzene rings is 4. The maximum absolute atomic E-state index is 9.45. The Kier molecular flexibility index (Phi) is 3.16. The number of aryl methyl sites for hydroxylation is 1. The van der Waals surface area contributed by atoms with E-state index in [1.165, 1.54) is 16.3 Å². The summed E-state index contributed by atoms with van der Waals surface area (Å²) >= 11 is 0. The minimum atomic E-state index is 0.232. The zero-order valence-electron chi connectivity index (χ0n) is 12.8. The molecule has 0 aromatic heterocycles. The lowest BCUT2D eigenvalue weighted by atomic mass is 9.96. The Morgan fingerprint density at radius 1 is 0.652 bits per heavy atom. The fourth-order valence-electron chi connectivity index (χ4n) is 3.05. The van der Waals surface area contributed by atoms with Crippen molar-refractivity contribution in [3.63, 3.8) is 0 Å². The molecule has 112 valence electrons. The van der Waals surface area contributed by atoms with Crippen molar-refractivity contribution in [3.8, 4) is 17.2 Å². The summed E-state index contributed by atoms with van der Waals surface area (Å²) in [6.07, 6.45) is 0. The fraction of sp³-hybridized carbons (Fsp3) is 0.0476. The first kappa shape index (κ1) is 13.6. The van der Waals surface area contributed by atoms with Crippen LogP contribution in [0.1, 0.15) is 5.56 Å². The van der Waals surface area contributed by atoms with Crippen LogP contribution in [0.25, 0.3) is 21.5 Å². The summed E-state index contributed by atoms with van der Waals surface area (Å²) in [4.78, 5) is 0. The highest BCUT2D eigenvalue weighted by atomic mass is 16.5. The smallest absolute Gasteiger partial charge is 0.143 e. The van der Waals surface area contributed by atoms with E-state index in [1.807, 2.05) is 12.1 Å². The number of phenols is 1. The standard InChI is InChI=1S/C21H16O2/c1-14-17-6-2-4-8-19(17)21(20-9-5-3-7-18(14)20)23-16-12-10-15(22)11-13-16/h2-13,22H,1H3. The van der Waals surface area contributed by atoms with Crippen molar-refractivity contribution in [1.82, 2.24) is 0 Å².